The maximum Gasteiger partial charge on any atom is 1.00 e. The molecule has 0 unspecified atom stereocenters. The summed E-state index contributed by atoms with van der Waals surface area (Å²) in [7, 11) is 0. The molecule has 11 heavy (non-hydrogen) atoms. The third-order valence-corrected chi connectivity index (χ3v) is 0.332. The first-order chi connectivity index (χ1) is 4.33. The van der Waals surface area contributed by atoms with E-state index in [2.05, 4.69) is 25.8 Å². The van der Waals surface area contributed by atoms with Gasteiger partial charge in [0, 0.05) is 0 Å². The molecular formula is C10H16K-. The Bertz CT molecular complexity index is 91.4. The van der Waals surface area contributed by atoms with Crippen molar-refractivity contribution in [3.05, 3.63) is 57.5 Å². The summed E-state index contributed by atoms with van der Waals surface area (Å²) in [4.78, 5) is 0. The van der Waals surface area contributed by atoms with Crippen LogP contribution in [0.25, 0.3) is 0 Å². The Morgan fingerprint density at radius 3 is 1.64 bits per heavy atom. The molecule has 58 valence electrons. The van der Waals surface area contributed by atoms with Crippen LogP contribution < -0.4 is 51.4 Å². The maximum atomic E-state index is 3.43. The van der Waals surface area contributed by atoms with Crippen molar-refractivity contribution < 1.29 is 51.4 Å². The fourth-order valence-electron chi connectivity index (χ4n) is 0.136. The largest absolute Gasteiger partial charge is 1.00 e. The average molecular weight is 175 g/mol. The summed E-state index contributed by atoms with van der Waals surface area (Å²) in [5.41, 5.74) is 0. The Balaban J connectivity index is -0.0000000437. The van der Waals surface area contributed by atoms with Crippen LogP contribution >= 0.6 is 0 Å². The number of allylic oxidation sites excluding steroid dienone is 5. The number of hydrogen-bond donors (Lipinski definition) is 0. The van der Waals surface area contributed by atoms with Gasteiger partial charge in [-0.25, -0.2) is 0 Å². The molecule has 0 radical (unpaired) electrons. The van der Waals surface area contributed by atoms with Crippen molar-refractivity contribution in [3.8, 4) is 0 Å². The summed E-state index contributed by atoms with van der Waals surface area (Å²) < 4.78 is 0. The quantitative estimate of drug-likeness (QED) is 0.246. The molecule has 0 fully saturated rings. The molecule has 0 aromatic heterocycles. The van der Waals surface area contributed by atoms with Crippen LogP contribution in [0.2, 0.25) is 0 Å². The minimum Gasteiger partial charge on any atom is -0.358 e. The second-order valence-corrected chi connectivity index (χ2v) is 1.18. The van der Waals surface area contributed by atoms with Gasteiger partial charge in [-0.05, 0) is 6.92 Å². The zero-order valence-corrected chi connectivity index (χ0v) is 11.1. The first kappa shape index (κ1) is 22.6. The van der Waals surface area contributed by atoms with E-state index in [1.807, 2.05) is 6.92 Å². The van der Waals surface area contributed by atoms with Gasteiger partial charge in [0.05, 0.1) is 0 Å². The average Bonchev–Trinajstić information content (AvgIpc) is 1.86. The van der Waals surface area contributed by atoms with Crippen LogP contribution in [-0.4, -0.2) is 0 Å². The van der Waals surface area contributed by atoms with Crippen molar-refractivity contribution in [1.82, 2.24) is 0 Å². The van der Waals surface area contributed by atoms with Crippen molar-refractivity contribution in [2.45, 2.75) is 6.92 Å². The Morgan fingerprint density at radius 1 is 1.18 bits per heavy atom. The SMILES string of the molecule is C=CC.C=C[C-]=CC=C.[CH3-].[K+]. The first-order valence-corrected chi connectivity index (χ1v) is 2.71. The summed E-state index contributed by atoms with van der Waals surface area (Å²) >= 11 is 0. The van der Waals surface area contributed by atoms with Gasteiger partial charge in [-0.2, -0.15) is 37.5 Å². The second-order valence-electron chi connectivity index (χ2n) is 1.18. The first-order valence-electron chi connectivity index (χ1n) is 2.71. The van der Waals surface area contributed by atoms with Crippen LogP contribution in [0.4, 0.5) is 0 Å². The molecule has 0 amide bonds. The van der Waals surface area contributed by atoms with E-state index in [0.717, 1.165) is 0 Å². The molecular weight excluding hydrogens is 159 g/mol. The van der Waals surface area contributed by atoms with Crippen LogP contribution in [-0.2, 0) is 0 Å². The molecule has 0 aliphatic rings. The van der Waals surface area contributed by atoms with Gasteiger partial charge < -0.3 is 7.43 Å². The molecule has 0 aliphatic heterocycles. The predicted molar refractivity (Wildman–Crippen MR) is 50.5 cm³/mol. The molecule has 0 aromatic rings. The minimum atomic E-state index is 0. The van der Waals surface area contributed by atoms with E-state index < -0.39 is 0 Å². The Labute approximate surface area is 114 Å². The normalized spacial score (nSPS) is 5.91. The minimum absolute atomic E-state index is 0. The van der Waals surface area contributed by atoms with Crippen LogP contribution in [0.5, 0.6) is 0 Å². The third kappa shape index (κ3) is 60.5. The predicted octanol–water partition coefficient (Wildman–Crippen LogP) is 0.364. The fraction of sp³-hybridized carbons (Fsp3) is 0.100. The zero-order valence-electron chi connectivity index (χ0n) is 7.93. The van der Waals surface area contributed by atoms with Crippen LogP contribution in [0.1, 0.15) is 6.92 Å². The topological polar surface area (TPSA) is 0 Å². The second kappa shape index (κ2) is 31.2. The standard InChI is InChI=1S/C6H7.C3H6.CH3.K/c1-3-5-6-4-2;1-3-2;;/h3-5H,1-2H2;3H,1H2,2H3;1H3;/q-1;;-1;+1. The molecule has 0 rings (SSSR count). The maximum absolute atomic E-state index is 3.43. The van der Waals surface area contributed by atoms with E-state index in [1.165, 1.54) is 0 Å². The Morgan fingerprint density at radius 2 is 1.55 bits per heavy atom. The summed E-state index contributed by atoms with van der Waals surface area (Å²) in [6, 6.07) is 0. The van der Waals surface area contributed by atoms with Crippen molar-refractivity contribution in [3.63, 3.8) is 0 Å². The molecule has 0 aliphatic carbocycles. The molecule has 0 aromatic carbocycles. The van der Waals surface area contributed by atoms with Gasteiger partial charge in [0.1, 0.15) is 0 Å². The third-order valence-electron chi connectivity index (χ3n) is 0.332. The molecule has 1 heteroatoms. The molecule has 0 saturated carbocycles. The molecule has 0 spiro atoms. The van der Waals surface area contributed by atoms with Crippen molar-refractivity contribution in [2.75, 3.05) is 0 Å². The summed E-state index contributed by atoms with van der Waals surface area (Å²) in [6.07, 6.45) is 9.41. The van der Waals surface area contributed by atoms with Crippen molar-refractivity contribution in [1.29, 1.82) is 0 Å². The van der Waals surface area contributed by atoms with E-state index in [9.17, 15) is 0 Å². The van der Waals surface area contributed by atoms with E-state index in [1.54, 1.807) is 24.3 Å². The van der Waals surface area contributed by atoms with E-state index in [0.29, 0.717) is 0 Å². The van der Waals surface area contributed by atoms with E-state index in [4.69, 9.17) is 0 Å². The summed E-state index contributed by atoms with van der Waals surface area (Å²) in [5, 5.41) is 0. The molecule has 0 nitrogen and oxygen atoms in total. The molecule has 0 heterocycles. The summed E-state index contributed by atoms with van der Waals surface area (Å²) in [5.74, 6) is 0. The molecule has 0 N–H and O–H groups in total. The Kier molecular flexibility index (Phi) is 63.9. The van der Waals surface area contributed by atoms with Gasteiger partial charge >= 0.3 is 51.4 Å². The van der Waals surface area contributed by atoms with Gasteiger partial charge in [0.15, 0.2) is 0 Å². The van der Waals surface area contributed by atoms with Crippen LogP contribution in [0.15, 0.2) is 44.0 Å². The van der Waals surface area contributed by atoms with E-state index in [-0.39, 0.29) is 58.8 Å². The fourth-order valence-corrected chi connectivity index (χ4v) is 0.136. The molecule has 0 bridgehead atoms. The van der Waals surface area contributed by atoms with Gasteiger partial charge in [0.2, 0.25) is 0 Å². The number of rotatable bonds is 2. The van der Waals surface area contributed by atoms with Gasteiger partial charge in [0.25, 0.3) is 0 Å². The Hall–Kier alpha value is 0.596. The molecule has 0 saturated heterocycles. The smallest absolute Gasteiger partial charge is 0.358 e. The van der Waals surface area contributed by atoms with Crippen molar-refractivity contribution in [2.24, 2.45) is 0 Å². The van der Waals surface area contributed by atoms with Crippen molar-refractivity contribution >= 4 is 0 Å². The van der Waals surface area contributed by atoms with E-state index >= 15 is 0 Å². The molecule has 0 atom stereocenters. The van der Waals surface area contributed by atoms with Gasteiger partial charge in [-0.3, -0.25) is 0 Å². The zero-order chi connectivity index (χ0) is 7.54. The monoisotopic (exact) mass is 175 g/mol. The summed E-state index contributed by atoms with van der Waals surface area (Å²) in [6.45, 7) is 12.1. The van der Waals surface area contributed by atoms with Gasteiger partial charge in [-0.15, -0.1) is 6.58 Å². The van der Waals surface area contributed by atoms with Gasteiger partial charge in [-0.1, -0.05) is 6.08 Å². The van der Waals surface area contributed by atoms with Crippen LogP contribution in [0.3, 0.4) is 0 Å². The number of hydrogen-bond acceptors (Lipinski definition) is 0. The van der Waals surface area contributed by atoms with Crippen LogP contribution in [0, 0.1) is 13.5 Å².